The van der Waals surface area contributed by atoms with Crippen LogP contribution in [0.15, 0.2) is 41.3 Å². The van der Waals surface area contributed by atoms with Crippen molar-refractivity contribution in [3.05, 3.63) is 63.6 Å². The first-order valence-electron chi connectivity index (χ1n) is 10.6. The molecule has 0 aliphatic carbocycles. The number of aryl methyl sites for hydroxylation is 1. The van der Waals surface area contributed by atoms with Crippen LogP contribution in [0.3, 0.4) is 0 Å². The zero-order chi connectivity index (χ0) is 21.0. The van der Waals surface area contributed by atoms with Gasteiger partial charge in [-0.05, 0) is 67.9 Å². The van der Waals surface area contributed by atoms with Crippen molar-refractivity contribution in [1.29, 1.82) is 0 Å². The molecule has 1 amide bonds. The molecule has 29 heavy (non-hydrogen) atoms. The predicted octanol–water partition coefficient (Wildman–Crippen LogP) is 4.30. The Labute approximate surface area is 173 Å². The highest BCUT2D eigenvalue weighted by Crippen LogP contribution is 2.19. The number of hydrogen-bond acceptors (Lipinski definition) is 3. The average molecular weight is 397 g/mol. The maximum Gasteiger partial charge on any atom is 0.268 e. The number of carbonyl (C=O) groups excluding carboxylic acids is 1. The van der Waals surface area contributed by atoms with E-state index in [1.54, 1.807) is 22.7 Å². The van der Waals surface area contributed by atoms with Crippen LogP contribution in [0, 0.1) is 6.92 Å². The molecule has 0 spiro atoms. The third-order valence-corrected chi connectivity index (χ3v) is 5.72. The van der Waals surface area contributed by atoms with Gasteiger partial charge in [0.05, 0.1) is 6.10 Å². The van der Waals surface area contributed by atoms with Crippen molar-refractivity contribution < 1.29 is 9.53 Å². The van der Waals surface area contributed by atoms with E-state index in [4.69, 9.17) is 4.74 Å². The molecule has 1 fully saturated rings. The molecular formula is C24H32N2O3. The van der Waals surface area contributed by atoms with Crippen LogP contribution in [0.25, 0.3) is 5.69 Å². The van der Waals surface area contributed by atoms with Crippen molar-refractivity contribution in [3.63, 3.8) is 0 Å². The SMILES string of the molecule is Cc1ccn(-c2cccc(C(C)C)c2)c(=O)c1C(=O)N(C)CCCC1CCCO1. The van der Waals surface area contributed by atoms with E-state index < -0.39 is 0 Å². The number of aromatic nitrogens is 1. The molecule has 2 aromatic rings. The van der Waals surface area contributed by atoms with Crippen LogP contribution < -0.4 is 5.56 Å². The summed E-state index contributed by atoms with van der Waals surface area (Å²) in [5.74, 6) is 0.154. The van der Waals surface area contributed by atoms with Crippen molar-refractivity contribution in [2.24, 2.45) is 0 Å². The summed E-state index contributed by atoms with van der Waals surface area (Å²) < 4.78 is 7.23. The maximum atomic E-state index is 13.2. The number of benzene rings is 1. The first-order chi connectivity index (χ1) is 13.9. The second kappa shape index (κ2) is 9.40. The molecular weight excluding hydrogens is 364 g/mol. The molecule has 156 valence electrons. The lowest BCUT2D eigenvalue weighted by atomic mass is 10.0. The predicted molar refractivity (Wildman–Crippen MR) is 116 cm³/mol. The lowest BCUT2D eigenvalue weighted by Crippen LogP contribution is -2.35. The number of amides is 1. The molecule has 0 N–H and O–H groups in total. The molecule has 1 saturated heterocycles. The summed E-state index contributed by atoms with van der Waals surface area (Å²) in [6.07, 6.45) is 6.14. The van der Waals surface area contributed by atoms with E-state index in [1.165, 1.54) is 0 Å². The Kier molecular flexibility index (Phi) is 6.91. The standard InChI is InChI=1S/C24H32N2O3/c1-17(2)19-8-5-9-20(16-19)26-14-12-18(3)22(24(26)28)23(27)25(4)13-6-10-21-11-7-15-29-21/h5,8-9,12,14,16-17,21H,6-7,10-11,13,15H2,1-4H3. The Balaban J connectivity index is 1.80. The van der Waals surface area contributed by atoms with E-state index in [0.717, 1.165) is 43.5 Å². The van der Waals surface area contributed by atoms with E-state index in [1.807, 2.05) is 31.2 Å². The highest BCUT2D eigenvalue weighted by atomic mass is 16.5. The highest BCUT2D eigenvalue weighted by Gasteiger charge is 2.21. The zero-order valence-electron chi connectivity index (χ0n) is 18.0. The summed E-state index contributed by atoms with van der Waals surface area (Å²) in [5, 5.41) is 0. The molecule has 1 unspecified atom stereocenters. The van der Waals surface area contributed by atoms with E-state index in [0.29, 0.717) is 24.1 Å². The van der Waals surface area contributed by atoms with Gasteiger partial charge in [0.2, 0.25) is 0 Å². The van der Waals surface area contributed by atoms with Crippen LogP contribution >= 0.6 is 0 Å². The molecule has 1 aromatic heterocycles. The van der Waals surface area contributed by atoms with Gasteiger partial charge in [-0.25, -0.2) is 0 Å². The lowest BCUT2D eigenvalue weighted by Gasteiger charge is -2.20. The molecule has 1 aliphatic rings. The average Bonchev–Trinajstić information content (AvgIpc) is 3.21. The molecule has 0 radical (unpaired) electrons. The molecule has 0 bridgehead atoms. The van der Waals surface area contributed by atoms with Gasteiger partial charge < -0.3 is 9.64 Å². The molecule has 1 aromatic carbocycles. The van der Waals surface area contributed by atoms with Gasteiger partial charge in [0.1, 0.15) is 5.56 Å². The second-order valence-electron chi connectivity index (χ2n) is 8.30. The van der Waals surface area contributed by atoms with Gasteiger partial charge in [0, 0.05) is 32.1 Å². The fraction of sp³-hybridized carbons (Fsp3) is 0.500. The normalized spacial score (nSPS) is 16.4. The maximum absolute atomic E-state index is 13.2. The Morgan fingerprint density at radius 3 is 2.79 bits per heavy atom. The summed E-state index contributed by atoms with van der Waals surface area (Å²) in [5.41, 5.74) is 2.65. The van der Waals surface area contributed by atoms with Crippen LogP contribution in [-0.2, 0) is 4.74 Å². The van der Waals surface area contributed by atoms with Gasteiger partial charge in [-0.1, -0.05) is 26.0 Å². The fourth-order valence-corrected chi connectivity index (χ4v) is 3.84. The van der Waals surface area contributed by atoms with E-state index in [9.17, 15) is 9.59 Å². The third-order valence-electron chi connectivity index (χ3n) is 5.72. The topological polar surface area (TPSA) is 51.5 Å². The lowest BCUT2D eigenvalue weighted by molar-refractivity contribution is 0.0760. The Bertz CT molecular complexity index is 911. The van der Waals surface area contributed by atoms with Gasteiger partial charge >= 0.3 is 0 Å². The molecule has 1 aliphatic heterocycles. The minimum absolute atomic E-state index is 0.214. The van der Waals surface area contributed by atoms with Crippen molar-refractivity contribution in [2.45, 2.75) is 58.5 Å². The van der Waals surface area contributed by atoms with Crippen molar-refractivity contribution in [3.8, 4) is 5.69 Å². The van der Waals surface area contributed by atoms with Gasteiger partial charge in [0.15, 0.2) is 0 Å². The minimum atomic E-state index is -0.262. The second-order valence-corrected chi connectivity index (χ2v) is 8.30. The summed E-state index contributed by atoms with van der Waals surface area (Å²) >= 11 is 0. The quantitative estimate of drug-likeness (QED) is 0.701. The minimum Gasteiger partial charge on any atom is -0.378 e. The Morgan fingerprint density at radius 2 is 2.10 bits per heavy atom. The molecule has 5 heteroatoms. The van der Waals surface area contributed by atoms with Crippen LogP contribution in [-0.4, -0.2) is 41.7 Å². The van der Waals surface area contributed by atoms with Gasteiger partial charge in [-0.15, -0.1) is 0 Å². The van der Waals surface area contributed by atoms with E-state index in [2.05, 4.69) is 19.9 Å². The number of rotatable bonds is 7. The smallest absolute Gasteiger partial charge is 0.268 e. The number of ether oxygens (including phenoxy) is 1. The fourth-order valence-electron chi connectivity index (χ4n) is 3.84. The molecule has 0 saturated carbocycles. The molecule has 3 rings (SSSR count). The first kappa shape index (κ1) is 21.3. The summed E-state index contributed by atoms with van der Waals surface area (Å²) in [4.78, 5) is 27.9. The van der Waals surface area contributed by atoms with Crippen molar-refractivity contribution in [1.82, 2.24) is 9.47 Å². The summed E-state index contributed by atoms with van der Waals surface area (Å²) in [7, 11) is 1.77. The van der Waals surface area contributed by atoms with Gasteiger partial charge in [0.25, 0.3) is 11.5 Å². The molecule has 1 atom stereocenters. The Morgan fingerprint density at radius 1 is 1.31 bits per heavy atom. The van der Waals surface area contributed by atoms with Gasteiger partial charge in [-0.3, -0.25) is 14.2 Å². The zero-order valence-corrected chi connectivity index (χ0v) is 18.0. The number of nitrogens with zero attached hydrogens (tertiary/aromatic N) is 2. The monoisotopic (exact) mass is 396 g/mol. The van der Waals surface area contributed by atoms with Crippen LogP contribution in [0.5, 0.6) is 0 Å². The van der Waals surface area contributed by atoms with E-state index >= 15 is 0 Å². The largest absolute Gasteiger partial charge is 0.378 e. The first-order valence-corrected chi connectivity index (χ1v) is 10.6. The van der Waals surface area contributed by atoms with Crippen LogP contribution in [0.2, 0.25) is 0 Å². The highest BCUT2D eigenvalue weighted by molar-refractivity contribution is 5.95. The molecule has 5 nitrogen and oxygen atoms in total. The summed E-state index contributed by atoms with van der Waals surface area (Å²) in [6, 6.07) is 9.77. The van der Waals surface area contributed by atoms with Gasteiger partial charge in [-0.2, -0.15) is 0 Å². The van der Waals surface area contributed by atoms with Crippen molar-refractivity contribution >= 4 is 5.91 Å². The summed E-state index contributed by atoms with van der Waals surface area (Å²) in [6.45, 7) is 7.54. The van der Waals surface area contributed by atoms with Crippen LogP contribution in [0.4, 0.5) is 0 Å². The number of hydrogen-bond donors (Lipinski definition) is 0. The Hall–Kier alpha value is -2.40. The molecule has 2 heterocycles. The third kappa shape index (κ3) is 4.96. The number of pyridine rings is 1. The number of carbonyl (C=O) groups is 1. The van der Waals surface area contributed by atoms with E-state index in [-0.39, 0.29) is 17.0 Å². The van der Waals surface area contributed by atoms with Crippen LogP contribution in [0.1, 0.15) is 66.9 Å². The van der Waals surface area contributed by atoms with Crippen molar-refractivity contribution in [2.75, 3.05) is 20.2 Å².